The van der Waals surface area contributed by atoms with Crippen LogP contribution in [-0.2, 0) is 19.6 Å². The number of carbonyl (C=O) groups excluding carboxylic acids is 2. The zero-order chi connectivity index (χ0) is 25.2. The van der Waals surface area contributed by atoms with E-state index < -0.39 is 21.9 Å². The van der Waals surface area contributed by atoms with Gasteiger partial charge in [-0.1, -0.05) is 17.3 Å². The number of piperidine rings is 1. The third kappa shape index (κ3) is 5.01. The van der Waals surface area contributed by atoms with Gasteiger partial charge in [0.15, 0.2) is 5.76 Å². The molecule has 4 rings (SSSR count). The van der Waals surface area contributed by atoms with E-state index in [1.807, 2.05) is 6.07 Å². The van der Waals surface area contributed by atoms with Crippen molar-refractivity contribution in [2.45, 2.75) is 38.5 Å². The van der Waals surface area contributed by atoms with Crippen molar-refractivity contribution in [2.75, 3.05) is 25.0 Å². The molecule has 186 valence electrons. The third-order valence-corrected chi connectivity index (χ3v) is 8.04. The molecule has 2 aromatic heterocycles. The fraction of sp³-hybridized carbons (Fsp3) is 0.375. The standard InChI is InChI=1S/C24H28N4O6S/c1-4-33-24(30)21-15(2)26-16(3)22(21)35(31,32)28-12-6-8-18(14-28)23(29)27-19-9-5-7-17(13-19)20-10-11-25-34-20/h5,7,9-11,13,18,26H,4,6,8,12,14H2,1-3H3,(H,27,29). The fourth-order valence-electron chi connectivity index (χ4n) is 4.39. The number of nitrogens with zero attached hydrogens (tertiary/aromatic N) is 2. The van der Waals surface area contributed by atoms with Crippen molar-refractivity contribution in [1.82, 2.24) is 14.4 Å². The minimum absolute atomic E-state index is 0.0140. The zero-order valence-electron chi connectivity index (χ0n) is 19.8. The number of aromatic nitrogens is 2. The quantitative estimate of drug-likeness (QED) is 0.474. The van der Waals surface area contributed by atoms with Gasteiger partial charge in [-0.2, -0.15) is 4.31 Å². The topological polar surface area (TPSA) is 135 Å². The number of carbonyl (C=O) groups is 2. The molecule has 0 spiro atoms. The molecule has 0 bridgehead atoms. The predicted molar refractivity (Wildman–Crippen MR) is 128 cm³/mol. The lowest BCUT2D eigenvalue weighted by atomic mass is 9.98. The fourth-order valence-corrected chi connectivity index (χ4v) is 6.33. The summed E-state index contributed by atoms with van der Waals surface area (Å²) in [5.41, 5.74) is 2.14. The molecule has 1 aliphatic heterocycles. The van der Waals surface area contributed by atoms with E-state index in [2.05, 4.69) is 15.5 Å². The minimum atomic E-state index is -4.04. The maximum Gasteiger partial charge on any atom is 0.341 e. The van der Waals surface area contributed by atoms with Crippen molar-refractivity contribution in [2.24, 2.45) is 5.92 Å². The van der Waals surface area contributed by atoms with Crippen LogP contribution in [0.1, 0.15) is 41.5 Å². The first-order valence-electron chi connectivity index (χ1n) is 11.4. The molecule has 0 radical (unpaired) electrons. The first-order chi connectivity index (χ1) is 16.7. The summed E-state index contributed by atoms with van der Waals surface area (Å²) in [6.07, 6.45) is 2.61. The van der Waals surface area contributed by atoms with E-state index in [4.69, 9.17) is 9.26 Å². The maximum atomic E-state index is 13.6. The number of anilines is 1. The van der Waals surface area contributed by atoms with Crippen LogP contribution < -0.4 is 5.32 Å². The van der Waals surface area contributed by atoms with Crippen LogP contribution in [0.25, 0.3) is 11.3 Å². The molecule has 1 fully saturated rings. The second kappa shape index (κ2) is 10.0. The van der Waals surface area contributed by atoms with Gasteiger partial charge in [-0.05, 0) is 45.7 Å². The molecule has 1 atom stereocenters. The Morgan fingerprint density at radius 2 is 2.06 bits per heavy atom. The number of aromatic amines is 1. The number of hydrogen-bond donors (Lipinski definition) is 2. The maximum absolute atomic E-state index is 13.6. The Bertz CT molecular complexity index is 1330. The summed E-state index contributed by atoms with van der Waals surface area (Å²) in [4.78, 5) is 28.4. The number of hydrogen-bond acceptors (Lipinski definition) is 7. The predicted octanol–water partition coefficient (Wildman–Crippen LogP) is 3.50. The molecule has 1 aliphatic rings. The molecule has 35 heavy (non-hydrogen) atoms. The summed E-state index contributed by atoms with van der Waals surface area (Å²) < 4.78 is 38.8. The molecule has 1 saturated heterocycles. The number of sulfonamides is 1. The number of rotatable bonds is 7. The summed E-state index contributed by atoms with van der Waals surface area (Å²) in [6, 6.07) is 8.88. The molecule has 3 heterocycles. The summed E-state index contributed by atoms with van der Waals surface area (Å²) in [5, 5.41) is 6.58. The van der Waals surface area contributed by atoms with E-state index in [0.717, 1.165) is 5.56 Å². The van der Waals surface area contributed by atoms with E-state index in [0.29, 0.717) is 35.7 Å². The Morgan fingerprint density at radius 1 is 1.26 bits per heavy atom. The molecule has 3 aromatic rings. The Morgan fingerprint density at radius 3 is 2.77 bits per heavy atom. The lowest BCUT2D eigenvalue weighted by Crippen LogP contribution is -2.44. The molecule has 10 nitrogen and oxygen atoms in total. The summed E-state index contributed by atoms with van der Waals surface area (Å²) in [7, 11) is -4.04. The molecule has 1 amide bonds. The smallest absolute Gasteiger partial charge is 0.341 e. The largest absolute Gasteiger partial charge is 0.462 e. The lowest BCUT2D eigenvalue weighted by molar-refractivity contribution is -0.120. The van der Waals surface area contributed by atoms with E-state index in [1.54, 1.807) is 51.2 Å². The van der Waals surface area contributed by atoms with E-state index in [-0.39, 0.29) is 36.1 Å². The van der Waals surface area contributed by atoms with Crippen LogP contribution in [0.15, 0.2) is 45.9 Å². The molecule has 0 saturated carbocycles. The van der Waals surface area contributed by atoms with E-state index in [9.17, 15) is 18.0 Å². The van der Waals surface area contributed by atoms with Crippen molar-refractivity contribution in [3.63, 3.8) is 0 Å². The van der Waals surface area contributed by atoms with Gasteiger partial charge in [0.2, 0.25) is 15.9 Å². The zero-order valence-corrected chi connectivity index (χ0v) is 20.6. The van der Waals surface area contributed by atoms with Crippen LogP contribution in [0.2, 0.25) is 0 Å². The highest BCUT2D eigenvalue weighted by atomic mass is 32.2. The van der Waals surface area contributed by atoms with Gasteiger partial charge >= 0.3 is 5.97 Å². The summed E-state index contributed by atoms with van der Waals surface area (Å²) in [6.45, 7) is 5.32. The van der Waals surface area contributed by atoms with Gasteiger partial charge in [0.1, 0.15) is 10.5 Å². The second-order valence-electron chi connectivity index (χ2n) is 8.45. The van der Waals surface area contributed by atoms with Gasteiger partial charge in [0.05, 0.1) is 18.7 Å². The molecular weight excluding hydrogens is 472 g/mol. The molecule has 0 aliphatic carbocycles. The third-order valence-electron chi connectivity index (χ3n) is 6.00. The normalized spacial score (nSPS) is 16.7. The Balaban J connectivity index is 1.53. The minimum Gasteiger partial charge on any atom is -0.462 e. The Labute approximate surface area is 203 Å². The van der Waals surface area contributed by atoms with Gasteiger partial charge in [-0.3, -0.25) is 4.79 Å². The van der Waals surface area contributed by atoms with Crippen LogP contribution in [0.3, 0.4) is 0 Å². The van der Waals surface area contributed by atoms with Crippen LogP contribution in [-0.4, -0.2) is 54.4 Å². The van der Waals surface area contributed by atoms with Gasteiger partial charge in [0.25, 0.3) is 0 Å². The number of H-pyrrole nitrogens is 1. The van der Waals surface area contributed by atoms with Gasteiger partial charge in [-0.15, -0.1) is 0 Å². The highest BCUT2D eigenvalue weighted by molar-refractivity contribution is 7.89. The lowest BCUT2D eigenvalue weighted by Gasteiger charge is -2.31. The van der Waals surface area contributed by atoms with Gasteiger partial charge in [-0.25, -0.2) is 13.2 Å². The van der Waals surface area contributed by atoms with Crippen molar-refractivity contribution >= 4 is 27.6 Å². The van der Waals surface area contributed by atoms with Gasteiger partial charge < -0.3 is 19.6 Å². The Hall–Kier alpha value is -3.44. The molecular formula is C24H28N4O6S. The number of amides is 1. The SMILES string of the molecule is CCOC(=O)c1c(C)[nH]c(C)c1S(=O)(=O)N1CCCC(C(=O)Nc2cccc(-c3ccno3)c2)C1. The Kier molecular flexibility index (Phi) is 7.08. The molecule has 1 unspecified atom stereocenters. The summed E-state index contributed by atoms with van der Waals surface area (Å²) in [5.74, 6) is -0.928. The van der Waals surface area contributed by atoms with Crippen LogP contribution in [0.5, 0.6) is 0 Å². The van der Waals surface area contributed by atoms with Crippen molar-refractivity contribution in [3.8, 4) is 11.3 Å². The van der Waals surface area contributed by atoms with E-state index in [1.165, 1.54) is 4.31 Å². The summed E-state index contributed by atoms with van der Waals surface area (Å²) >= 11 is 0. The number of nitrogens with one attached hydrogen (secondary N) is 2. The molecule has 1 aromatic carbocycles. The second-order valence-corrected chi connectivity index (χ2v) is 10.3. The highest BCUT2D eigenvalue weighted by Gasteiger charge is 2.38. The first kappa shape index (κ1) is 24.7. The van der Waals surface area contributed by atoms with Gasteiger partial charge in [0, 0.05) is 41.8 Å². The average molecular weight is 501 g/mol. The van der Waals surface area contributed by atoms with Crippen molar-refractivity contribution in [1.29, 1.82) is 0 Å². The monoisotopic (exact) mass is 500 g/mol. The van der Waals surface area contributed by atoms with Crippen LogP contribution in [0, 0.1) is 19.8 Å². The molecule has 11 heteroatoms. The number of ether oxygens (including phenoxy) is 1. The number of aryl methyl sites for hydroxylation is 2. The van der Waals surface area contributed by atoms with Crippen LogP contribution in [0.4, 0.5) is 5.69 Å². The number of esters is 1. The van der Waals surface area contributed by atoms with Crippen molar-refractivity contribution < 1.29 is 27.3 Å². The highest BCUT2D eigenvalue weighted by Crippen LogP contribution is 2.31. The average Bonchev–Trinajstić information content (AvgIpc) is 3.47. The number of benzene rings is 1. The van der Waals surface area contributed by atoms with Crippen LogP contribution >= 0.6 is 0 Å². The van der Waals surface area contributed by atoms with Crippen molar-refractivity contribution in [3.05, 3.63) is 53.5 Å². The first-order valence-corrected chi connectivity index (χ1v) is 12.8. The molecule has 2 N–H and O–H groups in total. The van der Waals surface area contributed by atoms with E-state index >= 15 is 0 Å².